The number of carbonyl (C=O) groups is 1. The van der Waals surface area contributed by atoms with Crippen molar-refractivity contribution in [2.24, 2.45) is 0 Å². The van der Waals surface area contributed by atoms with Crippen molar-refractivity contribution in [2.45, 2.75) is 46.7 Å². The van der Waals surface area contributed by atoms with Gasteiger partial charge >= 0.3 is 5.97 Å². The SMILES string of the molecule is CCC(C)NCc1c(C)[nH]c(C(=O)OC)c1C. The smallest absolute Gasteiger partial charge is 0.354 e. The fourth-order valence-electron chi connectivity index (χ4n) is 1.78. The van der Waals surface area contributed by atoms with Crippen LogP contribution in [0, 0.1) is 13.8 Å². The number of nitrogens with one attached hydrogen (secondary N) is 2. The van der Waals surface area contributed by atoms with E-state index in [9.17, 15) is 4.79 Å². The molecular weight excluding hydrogens is 216 g/mol. The minimum absolute atomic E-state index is 0.305. The van der Waals surface area contributed by atoms with Gasteiger partial charge in [0.1, 0.15) is 5.69 Å². The van der Waals surface area contributed by atoms with Gasteiger partial charge in [0.05, 0.1) is 7.11 Å². The Hall–Kier alpha value is -1.29. The predicted octanol–water partition coefficient (Wildman–Crippen LogP) is 2.31. The van der Waals surface area contributed by atoms with E-state index in [1.165, 1.54) is 7.11 Å². The molecule has 0 aliphatic carbocycles. The number of hydrogen-bond donors (Lipinski definition) is 2. The maximum atomic E-state index is 11.5. The molecule has 0 aliphatic rings. The molecule has 0 radical (unpaired) electrons. The summed E-state index contributed by atoms with van der Waals surface area (Å²) in [6.07, 6.45) is 1.09. The van der Waals surface area contributed by atoms with Crippen LogP contribution in [0.5, 0.6) is 0 Å². The van der Waals surface area contributed by atoms with Crippen molar-refractivity contribution < 1.29 is 9.53 Å². The Morgan fingerprint density at radius 2 is 2.12 bits per heavy atom. The normalized spacial score (nSPS) is 12.5. The average molecular weight is 238 g/mol. The van der Waals surface area contributed by atoms with E-state index in [4.69, 9.17) is 4.74 Å². The van der Waals surface area contributed by atoms with Crippen molar-refractivity contribution in [3.63, 3.8) is 0 Å². The van der Waals surface area contributed by atoms with Gasteiger partial charge in [0.25, 0.3) is 0 Å². The van der Waals surface area contributed by atoms with E-state index in [1.54, 1.807) is 0 Å². The summed E-state index contributed by atoms with van der Waals surface area (Å²) in [5, 5.41) is 3.43. The topological polar surface area (TPSA) is 54.1 Å². The lowest BCUT2D eigenvalue weighted by atomic mass is 10.1. The summed E-state index contributed by atoms with van der Waals surface area (Å²) in [5.74, 6) is -0.305. The Morgan fingerprint density at radius 1 is 1.47 bits per heavy atom. The van der Waals surface area contributed by atoms with Gasteiger partial charge in [0.15, 0.2) is 0 Å². The molecule has 4 nitrogen and oxygen atoms in total. The molecule has 4 heteroatoms. The molecule has 1 aromatic rings. The lowest BCUT2D eigenvalue weighted by molar-refractivity contribution is 0.0594. The molecule has 1 rings (SSSR count). The lowest BCUT2D eigenvalue weighted by Gasteiger charge is -2.11. The van der Waals surface area contributed by atoms with Gasteiger partial charge < -0.3 is 15.0 Å². The minimum Gasteiger partial charge on any atom is -0.464 e. The first kappa shape index (κ1) is 13.8. The van der Waals surface area contributed by atoms with E-state index >= 15 is 0 Å². The first-order valence-electron chi connectivity index (χ1n) is 6.00. The van der Waals surface area contributed by atoms with Crippen LogP contribution in [0.25, 0.3) is 0 Å². The van der Waals surface area contributed by atoms with Crippen molar-refractivity contribution in [2.75, 3.05) is 7.11 Å². The molecule has 0 bridgehead atoms. The van der Waals surface area contributed by atoms with Crippen LogP contribution in [0.1, 0.15) is 47.6 Å². The Labute approximate surface area is 103 Å². The van der Waals surface area contributed by atoms with E-state index in [0.29, 0.717) is 11.7 Å². The number of aromatic nitrogens is 1. The number of rotatable bonds is 5. The second-order valence-corrected chi connectivity index (χ2v) is 4.41. The van der Waals surface area contributed by atoms with Crippen LogP contribution in [0.4, 0.5) is 0 Å². The maximum Gasteiger partial charge on any atom is 0.354 e. The van der Waals surface area contributed by atoms with Gasteiger partial charge in [-0.05, 0) is 38.3 Å². The molecule has 96 valence electrons. The predicted molar refractivity (Wildman–Crippen MR) is 68.2 cm³/mol. The van der Waals surface area contributed by atoms with E-state index in [1.807, 2.05) is 13.8 Å². The van der Waals surface area contributed by atoms with Crippen molar-refractivity contribution >= 4 is 5.97 Å². The van der Waals surface area contributed by atoms with Crippen molar-refractivity contribution in [3.8, 4) is 0 Å². The molecule has 2 N–H and O–H groups in total. The molecule has 0 fully saturated rings. The molecular formula is C13H22N2O2. The van der Waals surface area contributed by atoms with Gasteiger partial charge in [0.2, 0.25) is 0 Å². The summed E-state index contributed by atoms with van der Waals surface area (Å²) >= 11 is 0. The number of aryl methyl sites for hydroxylation is 1. The van der Waals surface area contributed by atoms with Gasteiger partial charge in [-0.2, -0.15) is 0 Å². The molecule has 0 aromatic carbocycles. The number of ether oxygens (including phenoxy) is 1. The van der Waals surface area contributed by atoms with E-state index in [2.05, 4.69) is 24.1 Å². The van der Waals surface area contributed by atoms with E-state index in [-0.39, 0.29) is 5.97 Å². The number of carbonyl (C=O) groups excluding carboxylic acids is 1. The summed E-state index contributed by atoms with van der Waals surface area (Å²) in [7, 11) is 1.40. The molecule has 17 heavy (non-hydrogen) atoms. The highest BCUT2D eigenvalue weighted by Crippen LogP contribution is 2.18. The third-order valence-corrected chi connectivity index (χ3v) is 3.22. The third kappa shape index (κ3) is 3.09. The van der Waals surface area contributed by atoms with Crippen LogP contribution in [0.15, 0.2) is 0 Å². The summed E-state index contributed by atoms with van der Waals surface area (Å²) in [6.45, 7) is 9.00. The Balaban J connectivity index is 2.86. The minimum atomic E-state index is -0.305. The number of methoxy groups -OCH3 is 1. The maximum absolute atomic E-state index is 11.5. The fourth-order valence-corrected chi connectivity index (χ4v) is 1.78. The Kier molecular flexibility index (Phi) is 4.75. The fraction of sp³-hybridized carbons (Fsp3) is 0.615. The van der Waals surface area contributed by atoms with Crippen molar-refractivity contribution in [1.29, 1.82) is 0 Å². The first-order valence-corrected chi connectivity index (χ1v) is 6.00. The molecule has 0 aliphatic heterocycles. The Bertz CT molecular complexity index is 396. The molecule has 1 atom stereocenters. The molecule has 0 saturated heterocycles. The summed E-state index contributed by atoms with van der Waals surface area (Å²) in [5.41, 5.74) is 3.72. The van der Waals surface area contributed by atoms with Crippen molar-refractivity contribution in [1.82, 2.24) is 10.3 Å². The van der Waals surface area contributed by atoms with E-state index < -0.39 is 0 Å². The standard InChI is InChI=1S/C13H22N2O2/c1-6-8(2)14-7-11-9(3)12(13(16)17-5)15-10(11)4/h8,14-15H,6-7H2,1-5H3. The number of hydrogen-bond acceptors (Lipinski definition) is 3. The summed E-state index contributed by atoms with van der Waals surface area (Å²) in [6, 6.07) is 0.477. The largest absolute Gasteiger partial charge is 0.464 e. The number of H-pyrrole nitrogens is 1. The number of aromatic amines is 1. The van der Waals surface area contributed by atoms with Crippen LogP contribution in [0.3, 0.4) is 0 Å². The third-order valence-electron chi connectivity index (χ3n) is 3.22. The molecule has 0 spiro atoms. The number of esters is 1. The molecule has 1 heterocycles. The first-order chi connectivity index (χ1) is 8.01. The van der Waals surface area contributed by atoms with E-state index in [0.717, 1.165) is 29.8 Å². The second kappa shape index (κ2) is 5.87. The zero-order chi connectivity index (χ0) is 13.0. The monoisotopic (exact) mass is 238 g/mol. The van der Waals surface area contributed by atoms with Gasteiger partial charge in [-0.15, -0.1) is 0 Å². The summed E-state index contributed by atoms with van der Waals surface area (Å²) < 4.78 is 4.74. The quantitative estimate of drug-likeness (QED) is 0.774. The molecule has 0 saturated carbocycles. The zero-order valence-corrected chi connectivity index (χ0v) is 11.3. The van der Waals surface area contributed by atoms with Crippen LogP contribution in [-0.4, -0.2) is 24.1 Å². The van der Waals surface area contributed by atoms with Gasteiger partial charge in [-0.25, -0.2) is 4.79 Å². The molecule has 1 aromatic heterocycles. The van der Waals surface area contributed by atoms with Crippen LogP contribution in [-0.2, 0) is 11.3 Å². The highest BCUT2D eigenvalue weighted by molar-refractivity contribution is 5.89. The molecule has 1 unspecified atom stereocenters. The highest BCUT2D eigenvalue weighted by atomic mass is 16.5. The van der Waals surface area contributed by atoms with Gasteiger partial charge in [-0.3, -0.25) is 0 Å². The Morgan fingerprint density at radius 3 is 2.65 bits per heavy atom. The van der Waals surface area contributed by atoms with Crippen LogP contribution >= 0.6 is 0 Å². The highest BCUT2D eigenvalue weighted by Gasteiger charge is 2.17. The zero-order valence-electron chi connectivity index (χ0n) is 11.3. The average Bonchev–Trinajstić information content (AvgIpc) is 2.61. The molecule has 0 amide bonds. The van der Waals surface area contributed by atoms with Crippen LogP contribution in [0.2, 0.25) is 0 Å². The van der Waals surface area contributed by atoms with Gasteiger partial charge in [-0.1, -0.05) is 6.92 Å². The second-order valence-electron chi connectivity index (χ2n) is 4.41. The lowest BCUT2D eigenvalue weighted by Crippen LogP contribution is -2.24. The van der Waals surface area contributed by atoms with Crippen LogP contribution < -0.4 is 5.32 Å². The summed E-state index contributed by atoms with van der Waals surface area (Å²) in [4.78, 5) is 14.6. The van der Waals surface area contributed by atoms with Gasteiger partial charge in [0, 0.05) is 18.3 Å². The van der Waals surface area contributed by atoms with Crippen molar-refractivity contribution in [3.05, 3.63) is 22.5 Å².